The molecule has 0 aliphatic carbocycles. The van der Waals surface area contributed by atoms with Crippen LogP contribution in [0.25, 0.3) is 0 Å². The van der Waals surface area contributed by atoms with Crippen LogP contribution in [0.1, 0.15) is 40.5 Å². The number of rotatable bonds is 5. The second-order valence-electron chi connectivity index (χ2n) is 6.90. The van der Waals surface area contributed by atoms with Gasteiger partial charge in [0.05, 0.1) is 6.54 Å². The third kappa shape index (κ3) is 3.97. The normalized spacial score (nSPS) is 23.5. The van der Waals surface area contributed by atoms with Gasteiger partial charge in [-0.15, -0.1) is 0 Å². The van der Waals surface area contributed by atoms with E-state index in [4.69, 9.17) is 10.5 Å². The van der Waals surface area contributed by atoms with Crippen molar-refractivity contribution in [2.75, 3.05) is 20.1 Å². The number of ether oxygens (including phenoxy) is 1. The summed E-state index contributed by atoms with van der Waals surface area (Å²) in [6, 6.07) is -0.340. The molecule has 2 amide bonds. The standard InChI is InChI=1S/C15H27N3O4/c1-11(17(5)9-12(16)20)15(10-19)7-6-8-18(15)13(21)22-14(2,3)4/h10-11H,6-9H2,1-5H3,(H2,16,20). The highest BCUT2D eigenvalue weighted by molar-refractivity contribution is 5.79. The van der Waals surface area contributed by atoms with Crippen molar-refractivity contribution < 1.29 is 19.1 Å². The fraction of sp³-hybridized carbons (Fsp3) is 0.800. The van der Waals surface area contributed by atoms with Crippen molar-refractivity contribution in [2.24, 2.45) is 5.73 Å². The number of primary amides is 1. The molecule has 0 aromatic carbocycles. The van der Waals surface area contributed by atoms with Gasteiger partial charge >= 0.3 is 6.09 Å². The van der Waals surface area contributed by atoms with Crippen molar-refractivity contribution in [1.29, 1.82) is 0 Å². The molecule has 7 nitrogen and oxygen atoms in total. The Balaban J connectivity index is 3.00. The summed E-state index contributed by atoms with van der Waals surface area (Å²) in [4.78, 5) is 38.6. The molecular formula is C15H27N3O4. The highest BCUT2D eigenvalue weighted by atomic mass is 16.6. The number of likely N-dealkylation sites (N-methyl/N-ethyl adjacent to an activating group) is 1. The van der Waals surface area contributed by atoms with Gasteiger partial charge in [0, 0.05) is 12.6 Å². The predicted molar refractivity (Wildman–Crippen MR) is 82.3 cm³/mol. The molecule has 1 saturated heterocycles. The topological polar surface area (TPSA) is 92.9 Å². The van der Waals surface area contributed by atoms with Crippen molar-refractivity contribution in [3.8, 4) is 0 Å². The van der Waals surface area contributed by atoms with Crippen LogP contribution in [-0.2, 0) is 14.3 Å². The smallest absolute Gasteiger partial charge is 0.411 e. The average molecular weight is 313 g/mol. The van der Waals surface area contributed by atoms with Crippen molar-refractivity contribution in [2.45, 2.75) is 57.7 Å². The molecule has 1 aliphatic rings. The highest BCUT2D eigenvalue weighted by Crippen LogP contribution is 2.34. The Kier molecular flexibility index (Phi) is 5.56. The number of likely N-dealkylation sites (tertiary alicyclic amines) is 1. The van der Waals surface area contributed by atoms with Crippen LogP contribution in [-0.4, -0.2) is 65.4 Å². The number of nitrogens with zero attached hydrogens (tertiary/aromatic N) is 2. The first kappa shape index (κ1) is 18.4. The Morgan fingerprint density at radius 3 is 2.50 bits per heavy atom. The van der Waals surface area contributed by atoms with Gasteiger partial charge in [-0.3, -0.25) is 14.6 Å². The Labute approximate surface area is 131 Å². The van der Waals surface area contributed by atoms with Gasteiger partial charge in [0.1, 0.15) is 17.4 Å². The second-order valence-corrected chi connectivity index (χ2v) is 6.90. The van der Waals surface area contributed by atoms with E-state index in [1.54, 1.807) is 32.7 Å². The number of nitrogens with two attached hydrogens (primary N) is 1. The van der Waals surface area contributed by atoms with Crippen LogP contribution in [0.15, 0.2) is 0 Å². The molecule has 7 heteroatoms. The minimum atomic E-state index is -0.994. The lowest BCUT2D eigenvalue weighted by molar-refractivity contribution is -0.124. The Morgan fingerprint density at radius 2 is 2.05 bits per heavy atom. The molecule has 1 heterocycles. The Bertz CT molecular complexity index is 447. The molecule has 0 saturated carbocycles. The number of carbonyl (C=O) groups excluding carboxylic acids is 3. The van der Waals surface area contributed by atoms with Crippen molar-refractivity contribution >= 4 is 18.3 Å². The van der Waals surface area contributed by atoms with E-state index >= 15 is 0 Å². The van der Waals surface area contributed by atoms with Crippen LogP contribution < -0.4 is 5.73 Å². The van der Waals surface area contributed by atoms with E-state index in [0.29, 0.717) is 19.4 Å². The average Bonchev–Trinajstić information content (AvgIpc) is 2.79. The van der Waals surface area contributed by atoms with Gasteiger partial charge in [0.25, 0.3) is 0 Å². The van der Waals surface area contributed by atoms with E-state index < -0.39 is 23.1 Å². The molecule has 2 atom stereocenters. The first-order chi connectivity index (χ1) is 10.0. The Hall–Kier alpha value is -1.63. The molecule has 1 aliphatic heterocycles. The van der Waals surface area contributed by atoms with E-state index in [1.807, 2.05) is 6.92 Å². The quantitative estimate of drug-likeness (QED) is 0.756. The molecule has 2 unspecified atom stereocenters. The maximum Gasteiger partial charge on any atom is 0.411 e. The fourth-order valence-corrected chi connectivity index (χ4v) is 2.86. The molecule has 0 radical (unpaired) electrons. The van der Waals surface area contributed by atoms with Gasteiger partial charge in [-0.2, -0.15) is 0 Å². The summed E-state index contributed by atoms with van der Waals surface area (Å²) in [5.74, 6) is -0.475. The lowest BCUT2D eigenvalue weighted by Crippen LogP contribution is -2.61. The van der Waals surface area contributed by atoms with Gasteiger partial charge in [-0.25, -0.2) is 4.79 Å². The van der Waals surface area contributed by atoms with Gasteiger partial charge in [0.15, 0.2) is 0 Å². The van der Waals surface area contributed by atoms with E-state index in [1.165, 1.54) is 4.90 Å². The van der Waals surface area contributed by atoms with E-state index in [-0.39, 0.29) is 12.6 Å². The predicted octanol–water partition coefficient (Wildman–Crippen LogP) is 0.761. The lowest BCUT2D eigenvalue weighted by atomic mass is 9.89. The van der Waals surface area contributed by atoms with Crippen LogP contribution in [0.5, 0.6) is 0 Å². The fourth-order valence-electron chi connectivity index (χ4n) is 2.86. The summed E-state index contributed by atoms with van der Waals surface area (Å²) < 4.78 is 5.41. The third-order valence-electron chi connectivity index (χ3n) is 4.07. The first-order valence-electron chi connectivity index (χ1n) is 7.49. The summed E-state index contributed by atoms with van der Waals surface area (Å²) in [7, 11) is 1.71. The van der Waals surface area contributed by atoms with Crippen molar-refractivity contribution in [3.63, 3.8) is 0 Å². The summed E-state index contributed by atoms with van der Waals surface area (Å²) in [6.45, 7) is 7.66. The first-order valence-corrected chi connectivity index (χ1v) is 7.49. The number of carbonyl (C=O) groups is 3. The zero-order valence-corrected chi connectivity index (χ0v) is 14.1. The van der Waals surface area contributed by atoms with Crippen LogP contribution in [0.3, 0.4) is 0 Å². The van der Waals surface area contributed by atoms with Crippen LogP contribution in [0.2, 0.25) is 0 Å². The molecule has 0 bridgehead atoms. The van der Waals surface area contributed by atoms with Crippen LogP contribution in [0.4, 0.5) is 4.79 Å². The van der Waals surface area contributed by atoms with Gasteiger partial charge in [-0.1, -0.05) is 0 Å². The van der Waals surface area contributed by atoms with E-state index in [0.717, 1.165) is 6.29 Å². The maximum absolute atomic E-state index is 12.4. The molecule has 0 aromatic heterocycles. The SMILES string of the molecule is CC(N(C)CC(N)=O)C1(C=O)CCCN1C(=O)OC(C)(C)C. The molecule has 1 rings (SSSR count). The van der Waals surface area contributed by atoms with Crippen LogP contribution >= 0.6 is 0 Å². The summed E-state index contributed by atoms with van der Waals surface area (Å²) in [5.41, 5.74) is 3.60. The van der Waals surface area contributed by atoms with Gasteiger partial charge in [-0.05, 0) is 47.6 Å². The summed E-state index contributed by atoms with van der Waals surface area (Å²) in [6.07, 6.45) is 1.55. The largest absolute Gasteiger partial charge is 0.444 e. The molecule has 1 fully saturated rings. The molecule has 2 N–H and O–H groups in total. The number of hydrogen-bond donors (Lipinski definition) is 1. The molecule has 126 valence electrons. The third-order valence-corrected chi connectivity index (χ3v) is 4.07. The van der Waals surface area contributed by atoms with Crippen molar-refractivity contribution in [1.82, 2.24) is 9.80 Å². The van der Waals surface area contributed by atoms with Gasteiger partial charge in [0.2, 0.25) is 5.91 Å². The molecule has 22 heavy (non-hydrogen) atoms. The number of hydrogen-bond acceptors (Lipinski definition) is 5. The molecular weight excluding hydrogens is 286 g/mol. The zero-order chi connectivity index (χ0) is 17.1. The molecule has 0 aromatic rings. The summed E-state index contributed by atoms with van der Waals surface area (Å²) in [5, 5.41) is 0. The zero-order valence-electron chi connectivity index (χ0n) is 14.1. The van der Waals surface area contributed by atoms with Crippen molar-refractivity contribution in [3.05, 3.63) is 0 Å². The monoisotopic (exact) mass is 313 g/mol. The summed E-state index contributed by atoms with van der Waals surface area (Å²) >= 11 is 0. The lowest BCUT2D eigenvalue weighted by Gasteiger charge is -2.42. The Morgan fingerprint density at radius 1 is 1.45 bits per heavy atom. The minimum Gasteiger partial charge on any atom is -0.444 e. The number of aldehydes is 1. The van der Waals surface area contributed by atoms with E-state index in [2.05, 4.69) is 0 Å². The number of amides is 2. The molecule has 0 spiro atoms. The van der Waals surface area contributed by atoms with E-state index in [9.17, 15) is 14.4 Å². The second kappa shape index (κ2) is 6.64. The highest BCUT2D eigenvalue weighted by Gasteiger charge is 2.50. The van der Waals surface area contributed by atoms with Crippen LogP contribution in [0, 0.1) is 0 Å². The van der Waals surface area contributed by atoms with Gasteiger partial charge < -0.3 is 15.3 Å². The minimum absolute atomic E-state index is 0.0267. The maximum atomic E-state index is 12.4.